The van der Waals surface area contributed by atoms with Crippen LogP contribution in [0.2, 0.25) is 0 Å². The number of ether oxygens (including phenoxy) is 1. The predicted octanol–water partition coefficient (Wildman–Crippen LogP) is 1.75. The number of hydrogen-bond donors (Lipinski definition) is 3. The highest BCUT2D eigenvalue weighted by Crippen LogP contribution is 2.28. The molecule has 0 unspecified atom stereocenters. The Morgan fingerprint density at radius 3 is 2.86 bits per heavy atom. The summed E-state index contributed by atoms with van der Waals surface area (Å²) in [6.07, 6.45) is 3.62. The Hall–Kier alpha value is -1.59. The number of piperidine rings is 1. The Balaban J connectivity index is 1.74. The lowest BCUT2D eigenvalue weighted by molar-refractivity contribution is -0.140. The number of rotatable bonds is 3. The lowest BCUT2D eigenvalue weighted by Gasteiger charge is -2.34. The van der Waals surface area contributed by atoms with Gasteiger partial charge in [0.2, 0.25) is 0 Å². The molecule has 2 aliphatic heterocycles. The molecule has 5 heteroatoms. The fourth-order valence-electron chi connectivity index (χ4n) is 3.15. The second kappa shape index (κ2) is 6.03. The van der Waals surface area contributed by atoms with Gasteiger partial charge in [-0.05, 0) is 62.5 Å². The normalized spacial score (nSPS) is 20.2. The Morgan fingerprint density at radius 1 is 1.29 bits per heavy atom. The Morgan fingerprint density at radius 2 is 2.10 bits per heavy atom. The van der Waals surface area contributed by atoms with E-state index in [-0.39, 0.29) is 5.91 Å². The number of hydrogen-bond acceptors (Lipinski definition) is 4. The maximum atomic E-state index is 12.6. The van der Waals surface area contributed by atoms with Gasteiger partial charge in [0.05, 0.1) is 0 Å². The number of anilines is 2. The number of amides is 1. The predicted molar refractivity (Wildman–Crippen MR) is 83.7 cm³/mol. The SMILES string of the molecule is COC1(C(=O)Nc2ccc3c(c2)CCCN3)CCNCC1. The monoisotopic (exact) mass is 289 g/mol. The molecule has 0 spiro atoms. The van der Waals surface area contributed by atoms with E-state index in [0.29, 0.717) is 12.8 Å². The number of methoxy groups -OCH3 is 1. The fraction of sp³-hybridized carbons (Fsp3) is 0.562. The second-order valence-corrected chi connectivity index (χ2v) is 5.80. The molecule has 1 saturated heterocycles. The average molecular weight is 289 g/mol. The number of aryl methyl sites for hydroxylation is 1. The maximum absolute atomic E-state index is 12.6. The molecule has 2 aliphatic rings. The van der Waals surface area contributed by atoms with Crippen LogP contribution in [0.5, 0.6) is 0 Å². The molecule has 5 nitrogen and oxygen atoms in total. The van der Waals surface area contributed by atoms with E-state index in [1.807, 2.05) is 12.1 Å². The van der Waals surface area contributed by atoms with Crippen molar-refractivity contribution in [3.05, 3.63) is 23.8 Å². The molecule has 0 aromatic heterocycles. The van der Waals surface area contributed by atoms with Crippen LogP contribution >= 0.6 is 0 Å². The van der Waals surface area contributed by atoms with Crippen LogP contribution in [-0.2, 0) is 16.0 Å². The smallest absolute Gasteiger partial charge is 0.256 e. The average Bonchev–Trinajstić information content (AvgIpc) is 2.55. The minimum atomic E-state index is -0.695. The first-order valence-corrected chi connectivity index (χ1v) is 7.68. The Labute approximate surface area is 125 Å². The molecular formula is C16H23N3O2. The van der Waals surface area contributed by atoms with Crippen LogP contribution < -0.4 is 16.0 Å². The van der Waals surface area contributed by atoms with Crippen molar-refractivity contribution < 1.29 is 9.53 Å². The van der Waals surface area contributed by atoms with Gasteiger partial charge in [0.15, 0.2) is 0 Å². The zero-order valence-electron chi connectivity index (χ0n) is 12.5. The summed E-state index contributed by atoms with van der Waals surface area (Å²) < 4.78 is 5.56. The van der Waals surface area contributed by atoms with E-state index in [1.54, 1.807) is 7.11 Å². The van der Waals surface area contributed by atoms with E-state index in [9.17, 15) is 4.79 Å². The highest BCUT2D eigenvalue weighted by atomic mass is 16.5. The first-order chi connectivity index (χ1) is 10.2. The van der Waals surface area contributed by atoms with Crippen LogP contribution in [0, 0.1) is 0 Å². The first kappa shape index (κ1) is 14.4. The second-order valence-electron chi connectivity index (χ2n) is 5.80. The largest absolute Gasteiger partial charge is 0.385 e. The van der Waals surface area contributed by atoms with Gasteiger partial charge < -0.3 is 20.7 Å². The van der Waals surface area contributed by atoms with Gasteiger partial charge in [0.25, 0.3) is 5.91 Å². The third-order valence-electron chi connectivity index (χ3n) is 4.52. The summed E-state index contributed by atoms with van der Waals surface area (Å²) >= 11 is 0. The van der Waals surface area contributed by atoms with Gasteiger partial charge in [-0.15, -0.1) is 0 Å². The van der Waals surface area contributed by atoms with Gasteiger partial charge in [-0.3, -0.25) is 4.79 Å². The lowest BCUT2D eigenvalue weighted by atomic mass is 9.91. The molecule has 3 rings (SSSR count). The van der Waals surface area contributed by atoms with Crippen molar-refractivity contribution in [2.75, 3.05) is 37.4 Å². The van der Waals surface area contributed by atoms with Crippen molar-refractivity contribution in [1.29, 1.82) is 0 Å². The molecule has 0 atom stereocenters. The van der Waals surface area contributed by atoms with Crippen LogP contribution in [0.15, 0.2) is 18.2 Å². The molecule has 0 bridgehead atoms. The Kier molecular flexibility index (Phi) is 4.12. The zero-order valence-corrected chi connectivity index (χ0v) is 12.5. The molecule has 1 aromatic carbocycles. The minimum absolute atomic E-state index is 0.0322. The molecule has 0 saturated carbocycles. The summed E-state index contributed by atoms with van der Waals surface area (Å²) in [5.74, 6) is -0.0322. The van der Waals surface area contributed by atoms with Gasteiger partial charge in [0.1, 0.15) is 5.60 Å². The van der Waals surface area contributed by atoms with Crippen LogP contribution in [0.3, 0.4) is 0 Å². The van der Waals surface area contributed by atoms with E-state index < -0.39 is 5.60 Å². The van der Waals surface area contributed by atoms with Gasteiger partial charge in [-0.2, -0.15) is 0 Å². The minimum Gasteiger partial charge on any atom is -0.385 e. The summed E-state index contributed by atoms with van der Waals surface area (Å²) in [5.41, 5.74) is 2.62. The van der Waals surface area contributed by atoms with Crippen LogP contribution in [0.4, 0.5) is 11.4 Å². The standard InChI is InChI=1S/C16H23N3O2/c1-21-16(6-9-17-10-7-16)15(20)19-13-4-5-14-12(11-13)3-2-8-18-14/h4-5,11,17-18H,2-3,6-10H2,1H3,(H,19,20). The number of fused-ring (bicyclic) bond motifs is 1. The summed E-state index contributed by atoms with van der Waals surface area (Å²) in [7, 11) is 1.63. The van der Waals surface area contributed by atoms with E-state index in [4.69, 9.17) is 4.74 Å². The van der Waals surface area contributed by atoms with Crippen molar-refractivity contribution in [2.24, 2.45) is 0 Å². The number of nitrogens with one attached hydrogen (secondary N) is 3. The third-order valence-corrected chi connectivity index (χ3v) is 4.52. The van der Waals surface area contributed by atoms with Crippen molar-refractivity contribution in [3.63, 3.8) is 0 Å². The number of carbonyl (C=O) groups is 1. The molecule has 21 heavy (non-hydrogen) atoms. The van der Waals surface area contributed by atoms with Crippen LogP contribution in [0.1, 0.15) is 24.8 Å². The molecule has 0 radical (unpaired) electrons. The highest BCUT2D eigenvalue weighted by Gasteiger charge is 2.39. The van der Waals surface area contributed by atoms with Gasteiger partial charge >= 0.3 is 0 Å². The maximum Gasteiger partial charge on any atom is 0.256 e. The summed E-state index contributed by atoms with van der Waals surface area (Å²) in [4.78, 5) is 12.6. The molecule has 1 fully saturated rings. The zero-order chi connectivity index (χ0) is 14.7. The summed E-state index contributed by atoms with van der Waals surface area (Å²) in [6.45, 7) is 2.66. The number of benzene rings is 1. The number of carbonyl (C=O) groups excluding carboxylic acids is 1. The quantitative estimate of drug-likeness (QED) is 0.793. The molecule has 1 aromatic rings. The summed E-state index contributed by atoms with van der Waals surface area (Å²) in [6, 6.07) is 6.08. The molecule has 114 valence electrons. The Bertz CT molecular complexity index is 524. The first-order valence-electron chi connectivity index (χ1n) is 7.68. The van der Waals surface area contributed by atoms with Crippen LogP contribution in [0.25, 0.3) is 0 Å². The van der Waals surface area contributed by atoms with E-state index in [2.05, 4.69) is 22.0 Å². The van der Waals surface area contributed by atoms with Gasteiger partial charge in [-0.25, -0.2) is 0 Å². The summed E-state index contributed by atoms with van der Waals surface area (Å²) in [5, 5.41) is 9.68. The van der Waals surface area contributed by atoms with Crippen molar-refractivity contribution in [3.8, 4) is 0 Å². The lowest BCUT2D eigenvalue weighted by Crippen LogP contribution is -2.51. The molecule has 0 aliphatic carbocycles. The fourth-order valence-corrected chi connectivity index (χ4v) is 3.15. The van der Waals surface area contributed by atoms with Gasteiger partial charge in [-0.1, -0.05) is 0 Å². The van der Waals surface area contributed by atoms with E-state index in [1.165, 1.54) is 11.3 Å². The molecular weight excluding hydrogens is 266 g/mol. The molecule has 3 N–H and O–H groups in total. The molecule has 2 heterocycles. The van der Waals surface area contributed by atoms with E-state index in [0.717, 1.165) is 38.2 Å². The van der Waals surface area contributed by atoms with Crippen LogP contribution in [-0.4, -0.2) is 38.3 Å². The van der Waals surface area contributed by atoms with Gasteiger partial charge in [0, 0.05) is 25.0 Å². The topological polar surface area (TPSA) is 62.4 Å². The molecule has 1 amide bonds. The van der Waals surface area contributed by atoms with E-state index >= 15 is 0 Å². The van der Waals surface area contributed by atoms with Crippen molar-refractivity contribution >= 4 is 17.3 Å². The third kappa shape index (κ3) is 2.89. The van der Waals surface area contributed by atoms with Crippen molar-refractivity contribution in [2.45, 2.75) is 31.3 Å². The van der Waals surface area contributed by atoms with Crippen molar-refractivity contribution in [1.82, 2.24) is 5.32 Å². The highest BCUT2D eigenvalue weighted by molar-refractivity contribution is 5.97.